The van der Waals surface area contributed by atoms with Crippen LogP contribution >= 0.6 is 11.3 Å². The highest BCUT2D eigenvalue weighted by Gasteiger charge is 2.14. The highest BCUT2D eigenvalue weighted by atomic mass is 32.1. The van der Waals surface area contributed by atoms with Crippen molar-refractivity contribution in [3.63, 3.8) is 0 Å². The summed E-state index contributed by atoms with van der Waals surface area (Å²) >= 11 is 1.26. The minimum atomic E-state index is -0.449. The van der Waals surface area contributed by atoms with Crippen molar-refractivity contribution in [3.8, 4) is 10.6 Å². The number of nitro benzene ring substituents is 1. The van der Waals surface area contributed by atoms with Gasteiger partial charge in [0.1, 0.15) is 5.01 Å². The van der Waals surface area contributed by atoms with E-state index in [1.165, 1.54) is 30.4 Å². The summed E-state index contributed by atoms with van der Waals surface area (Å²) in [5, 5.41) is 11.3. The van der Waals surface area contributed by atoms with E-state index in [-0.39, 0.29) is 11.5 Å². The maximum atomic E-state index is 11.3. The molecular formula is C12H10N2O3S. The molecule has 0 spiro atoms. The molecule has 0 saturated heterocycles. The zero-order valence-corrected chi connectivity index (χ0v) is 10.7. The molecule has 0 radical (unpaired) electrons. The van der Waals surface area contributed by atoms with Crippen molar-refractivity contribution < 1.29 is 9.72 Å². The predicted octanol–water partition coefficient (Wildman–Crippen LogP) is 3.23. The van der Waals surface area contributed by atoms with Gasteiger partial charge in [-0.1, -0.05) is 12.1 Å². The van der Waals surface area contributed by atoms with Crippen LogP contribution in [0.25, 0.3) is 10.6 Å². The van der Waals surface area contributed by atoms with Gasteiger partial charge in [-0.25, -0.2) is 4.98 Å². The molecule has 0 saturated carbocycles. The Morgan fingerprint density at radius 3 is 2.72 bits per heavy atom. The van der Waals surface area contributed by atoms with Gasteiger partial charge in [0.2, 0.25) is 0 Å². The van der Waals surface area contributed by atoms with Crippen LogP contribution in [0, 0.1) is 17.0 Å². The van der Waals surface area contributed by atoms with Gasteiger partial charge in [0.05, 0.1) is 15.5 Å². The van der Waals surface area contributed by atoms with Crippen LogP contribution in [-0.2, 0) is 0 Å². The van der Waals surface area contributed by atoms with E-state index in [1.54, 1.807) is 19.1 Å². The van der Waals surface area contributed by atoms with Crippen LogP contribution in [0.3, 0.4) is 0 Å². The second-order valence-electron chi connectivity index (χ2n) is 3.80. The Bertz CT molecular complexity index is 634. The molecule has 2 aromatic rings. The number of ketones is 1. The van der Waals surface area contributed by atoms with E-state index in [4.69, 9.17) is 0 Å². The molecule has 0 atom stereocenters. The zero-order valence-electron chi connectivity index (χ0n) is 9.84. The Morgan fingerprint density at radius 1 is 1.44 bits per heavy atom. The summed E-state index contributed by atoms with van der Waals surface area (Å²) in [7, 11) is 0. The molecule has 0 bridgehead atoms. The Hall–Kier alpha value is -2.08. The third kappa shape index (κ3) is 2.28. The fraction of sp³-hybridized carbons (Fsp3) is 0.167. The number of thiazole rings is 1. The van der Waals surface area contributed by atoms with Gasteiger partial charge in [0.15, 0.2) is 5.78 Å². The molecule has 0 amide bonds. The van der Waals surface area contributed by atoms with Crippen molar-refractivity contribution in [1.29, 1.82) is 0 Å². The van der Waals surface area contributed by atoms with Crippen LogP contribution in [0.15, 0.2) is 24.3 Å². The zero-order chi connectivity index (χ0) is 13.3. The van der Waals surface area contributed by atoms with Crippen molar-refractivity contribution in [2.45, 2.75) is 13.8 Å². The maximum Gasteiger partial charge on any atom is 0.270 e. The number of nitrogens with zero attached hydrogens (tertiary/aromatic N) is 2. The highest BCUT2D eigenvalue weighted by molar-refractivity contribution is 7.17. The molecule has 1 aromatic carbocycles. The highest BCUT2D eigenvalue weighted by Crippen LogP contribution is 2.30. The lowest BCUT2D eigenvalue weighted by Crippen LogP contribution is -1.89. The number of rotatable bonds is 3. The van der Waals surface area contributed by atoms with Crippen molar-refractivity contribution >= 4 is 22.8 Å². The van der Waals surface area contributed by atoms with Crippen LogP contribution < -0.4 is 0 Å². The number of Topliss-reactive ketones (excluding diaryl/α,β-unsaturated/α-hetero) is 1. The van der Waals surface area contributed by atoms with E-state index < -0.39 is 4.92 Å². The molecule has 0 aliphatic rings. The van der Waals surface area contributed by atoms with Crippen molar-refractivity contribution in [2.75, 3.05) is 0 Å². The first-order chi connectivity index (χ1) is 8.49. The third-order valence-corrected chi connectivity index (χ3v) is 3.73. The molecule has 0 N–H and O–H groups in total. The van der Waals surface area contributed by atoms with Gasteiger partial charge in [-0.05, 0) is 6.92 Å². The molecule has 6 heteroatoms. The summed E-state index contributed by atoms with van der Waals surface area (Å²) in [6, 6.07) is 6.24. The van der Waals surface area contributed by atoms with Crippen LogP contribution in [0.5, 0.6) is 0 Å². The smallest absolute Gasteiger partial charge is 0.270 e. The Labute approximate surface area is 107 Å². The third-order valence-electron chi connectivity index (χ3n) is 2.42. The molecule has 92 valence electrons. The Balaban J connectivity index is 2.49. The number of carbonyl (C=O) groups excluding carboxylic acids is 1. The summed E-state index contributed by atoms with van der Waals surface area (Å²) in [4.78, 5) is 26.5. The standard InChI is InChI=1S/C12H10N2O3S/c1-7-11(8(2)15)18-12(13-7)9-4-3-5-10(6-9)14(16)17/h3-6H,1-2H3. The van der Waals surface area contributed by atoms with Crippen LogP contribution in [0.4, 0.5) is 5.69 Å². The normalized spacial score (nSPS) is 10.3. The van der Waals surface area contributed by atoms with Crippen LogP contribution in [0.2, 0.25) is 0 Å². The minimum absolute atomic E-state index is 0.0183. The first-order valence-corrected chi connectivity index (χ1v) is 6.04. The van der Waals surface area contributed by atoms with E-state index in [1.807, 2.05) is 0 Å². The predicted molar refractivity (Wildman–Crippen MR) is 68.9 cm³/mol. The van der Waals surface area contributed by atoms with Gasteiger partial charge in [-0.2, -0.15) is 0 Å². The number of aryl methyl sites for hydroxylation is 1. The molecule has 5 nitrogen and oxygen atoms in total. The van der Waals surface area contributed by atoms with E-state index in [2.05, 4.69) is 4.98 Å². The molecule has 18 heavy (non-hydrogen) atoms. The SMILES string of the molecule is CC(=O)c1sc(-c2cccc([N+](=O)[O-])c2)nc1C. The fourth-order valence-corrected chi connectivity index (χ4v) is 2.56. The molecule has 0 aliphatic heterocycles. The first kappa shape index (κ1) is 12.4. The lowest BCUT2D eigenvalue weighted by molar-refractivity contribution is -0.384. The summed E-state index contributed by atoms with van der Waals surface area (Å²) in [6.07, 6.45) is 0. The molecular weight excluding hydrogens is 252 g/mol. The van der Waals surface area contributed by atoms with Gasteiger partial charge >= 0.3 is 0 Å². The number of aromatic nitrogens is 1. The topological polar surface area (TPSA) is 73.1 Å². The number of hydrogen-bond donors (Lipinski definition) is 0. The van der Waals surface area contributed by atoms with Gasteiger partial charge in [-0.3, -0.25) is 14.9 Å². The van der Waals surface area contributed by atoms with Crippen LogP contribution in [-0.4, -0.2) is 15.7 Å². The van der Waals surface area contributed by atoms with E-state index in [0.29, 0.717) is 21.1 Å². The van der Waals surface area contributed by atoms with Crippen molar-refractivity contribution in [1.82, 2.24) is 4.98 Å². The average molecular weight is 262 g/mol. The number of non-ortho nitro benzene ring substituents is 1. The largest absolute Gasteiger partial charge is 0.294 e. The van der Waals surface area contributed by atoms with Crippen LogP contribution in [0.1, 0.15) is 22.3 Å². The van der Waals surface area contributed by atoms with Crippen molar-refractivity contribution in [3.05, 3.63) is 45.0 Å². The second kappa shape index (κ2) is 4.66. The monoisotopic (exact) mass is 262 g/mol. The lowest BCUT2D eigenvalue weighted by Gasteiger charge is -1.95. The average Bonchev–Trinajstić information content (AvgIpc) is 2.71. The Morgan fingerprint density at radius 2 is 2.17 bits per heavy atom. The number of carbonyl (C=O) groups is 1. The first-order valence-electron chi connectivity index (χ1n) is 5.22. The summed E-state index contributed by atoms with van der Waals surface area (Å²) < 4.78 is 0. The van der Waals surface area contributed by atoms with Gasteiger partial charge < -0.3 is 0 Å². The lowest BCUT2D eigenvalue weighted by atomic mass is 10.2. The Kier molecular flexibility index (Phi) is 3.20. The molecule has 1 aromatic heterocycles. The van der Waals surface area contributed by atoms with E-state index in [9.17, 15) is 14.9 Å². The molecule has 0 aliphatic carbocycles. The van der Waals surface area contributed by atoms with Gasteiger partial charge in [0, 0.05) is 24.6 Å². The fourth-order valence-electron chi connectivity index (χ4n) is 1.60. The second-order valence-corrected chi connectivity index (χ2v) is 4.80. The van der Waals surface area contributed by atoms with Gasteiger partial charge in [-0.15, -0.1) is 11.3 Å². The summed E-state index contributed by atoms with van der Waals surface area (Å²) in [6.45, 7) is 3.24. The van der Waals surface area contributed by atoms with E-state index in [0.717, 1.165) is 0 Å². The summed E-state index contributed by atoms with van der Waals surface area (Å²) in [5.74, 6) is -0.0401. The van der Waals surface area contributed by atoms with Crippen molar-refractivity contribution in [2.24, 2.45) is 0 Å². The molecule has 0 fully saturated rings. The molecule has 0 unspecified atom stereocenters. The molecule has 2 rings (SSSR count). The number of benzene rings is 1. The molecule has 1 heterocycles. The van der Waals surface area contributed by atoms with Gasteiger partial charge in [0.25, 0.3) is 5.69 Å². The number of nitro groups is 1. The van der Waals surface area contributed by atoms with E-state index >= 15 is 0 Å². The quantitative estimate of drug-likeness (QED) is 0.483. The maximum absolute atomic E-state index is 11.3. The summed E-state index contributed by atoms with van der Waals surface area (Å²) in [5.41, 5.74) is 1.34. The minimum Gasteiger partial charge on any atom is -0.294 e. The number of hydrogen-bond acceptors (Lipinski definition) is 5.